The molecule has 0 aromatic heterocycles. The van der Waals surface area contributed by atoms with Crippen molar-refractivity contribution in [1.29, 1.82) is 0 Å². The van der Waals surface area contributed by atoms with Gasteiger partial charge in [-0.05, 0) is 77.0 Å². The van der Waals surface area contributed by atoms with Gasteiger partial charge in [-0.25, -0.2) is 0 Å². The highest BCUT2D eigenvalue weighted by Crippen LogP contribution is 2.30. The van der Waals surface area contributed by atoms with Crippen LogP contribution in [0.1, 0.15) is 258 Å². The monoisotopic (exact) mass is 1190 g/mol. The zero-order chi connectivity index (χ0) is 60.9. The number of aliphatic hydroxyl groups is 8. The van der Waals surface area contributed by atoms with Gasteiger partial charge in [-0.2, -0.15) is 0 Å². The highest BCUT2D eigenvalue weighted by molar-refractivity contribution is 5.76. The maximum absolute atomic E-state index is 13.3. The van der Waals surface area contributed by atoms with Crippen molar-refractivity contribution in [1.82, 2.24) is 5.32 Å². The summed E-state index contributed by atoms with van der Waals surface area (Å²) in [5.74, 6) is -0.254. The Morgan fingerprint density at radius 2 is 0.833 bits per heavy atom. The van der Waals surface area contributed by atoms with Crippen LogP contribution in [0.15, 0.2) is 85.1 Å². The molecule has 0 aromatic rings. The number of carbonyl (C=O) groups excluding carboxylic acids is 1. The molecule has 14 heteroatoms. The molecule has 2 aliphatic heterocycles. The zero-order valence-corrected chi connectivity index (χ0v) is 52.6. The fourth-order valence-electron chi connectivity index (χ4n) is 10.7. The third kappa shape index (κ3) is 38.4. The van der Waals surface area contributed by atoms with Crippen LogP contribution < -0.4 is 5.32 Å². The lowest BCUT2D eigenvalue weighted by Crippen LogP contribution is -2.65. The van der Waals surface area contributed by atoms with Gasteiger partial charge in [0.05, 0.1) is 32.0 Å². The maximum Gasteiger partial charge on any atom is 0.220 e. The molecule has 0 radical (unpaired) electrons. The zero-order valence-electron chi connectivity index (χ0n) is 52.6. The Bertz CT molecular complexity index is 1730. The van der Waals surface area contributed by atoms with Gasteiger partial charge in [-0.15, -0.1) is 0 Å². The van der Waals surface area contributed by atoms with Crippen LogP contribution in [0.4, 0.5) is 0 Å². The van der Waals surface area contributed by atoms with Crippen LogP contribution in [0.25, 0.3) is 0 Å². The van der Waals surface area contributed by atoms with Crippen molar-refractivity contribution in [2.45, 2.75) is 331 Å². The van der Waals surface area contributed by atoms with Gasteiger partial charge in [0, 0.05) is 6.42 Å². The molecule has 0 saturated carbocycles. The Labute approximate surface area is 510 Å². The molecule has 0 spiro atoms. The van der Waals surface area contributed by atoms with Gasteiger partial charge >= 0.3 is 0 Å². The predicted octanol–water partition coefficient (Wildman–Crippen LogP) is 13.2. The van der Waals surface area contributed by atoms with Crippen molar-refractivity contribution >= 4 is 5.91 Å². The average Bonchev–Trinajstić information content (AvgIpc) is 3.62. The Morgan fingerprint density at radius 3 is 1.31 bits per heavy atom. The van der Waals surface area contributed by atoms with Crippen LogP contribution in [-0.4, -0.2) is 140 Å². The van der Waals surface area contributed by atoms with E-state index in [1.165, 1.54) is 154 Å². The van der Waals surface area contributed by atoms with E-state index in [2.05, 4.69) is 92.1 Å². The normalized spacial score (nSPS) is 24.2. The van der Waals surface area contributed by atoms with E-state index >= 15 is 0 Å². The third-order valence-electron chi connectivity index (χ3n) is 16.1. The maximum atomic E-state index is 13.3. The van der Waals surface area contributed by atoms with Crippen LogP contribution in [0.3, 0.4) is 0 Å². The summed E-state index contributed by atoms with van der Waals surface area (Å²) >= 11 is 0. The van der Waals surface area contributed by atoms with Crippen molar-refractivity contribution in [3.63, 3.8) is 0 Å². The van der Waals surface area contributed by atoms with Crippen molar-refractivity contribution in [2.75, 3.05) is 19.8 Å². The highest BCUT2D eigenvalue weighted by atomic mass is 16.7. The summed E-state index contributed by atoms with van der Waals surface area (Å²) in [5.41, 5.74) is 0. The fraction of sp³-hybridized carbons (Fsp3) is 0.786. The van der Waals surface area contributed by atoms with Gasteiger partial charge in [0.15, 0.2) is 12.6 Å². The lowest BCUT2D eigenvalue weighted by molar-refractivity contribution is -0.359. The first-order valence-electron chi connectivity index (χ1n) is 33.8. The number of aliphatic hydroxyl groups excluding tert-OH is 8. The first kappa shape index (κ1) is 77.3. The molecule has 0 aromatic carbocycles. The molecule has 12 unspecified atom stereocenters. The summed E-state index contributed by atoms with van der Waals surface area (Å²) in [6.45, 7) is 2.68. The van der Waals surface area contributed by atoms with E-state index in [1.54, 1.807) is 6.08 Å². The van der Waals surface area contributed by atoms with Gasteiger partial charge in [0.25, 0.3) is 0 Å². The molecule has 2 aliphatic rings. The van der Waals surface area contributed by atoms with Crippen LogP contribution in [-0.2, 0) is 23.7 Å². The van der Waals surface area contributed by atoms with Crippen molar-refractivity contribution in [3.8, 4) is 0 Å². The largest absolute Gasteiger partial charge is 0.394 e. The average molecular weight is 1190 g/mol. The van der Waals surface area contributed by atoms with Gasteiger partial charge < -0.3 is 65.1 Å². The summed E-state index contributed by atoms with van der Waals surface area (Å²) in [6, 6.07) is -0.939. The van der Waals surface area contributed by atoms with Crippen molar-refractivity contribution in [2.24, 2.45) is 0 Å². The SMILES string of the molecule is CC/C=C\C/C=C\C/C=C\C/C=C\C/C=C\CCCCCCCCCCCCCC(=O)NC(COC1OC(CO)C(OC2OC(CO)C(O)C(O)C2O)C(O)C1O)C(O)/C=C/CC/C=C/CCCCCCCCCCCCCCCCCCC. The predicted molar refractivity (Wildman–Crippen MR) is 341 cm³/mol. The van der Waals surface area contributed by atoms with Crippen LogP contribution in [0.5, 0.6) is 0 Å². The quantitative estimate of drug-likeness (QED) is 0.0204. The first-order valence-corrected chi connectivity index (χ1v) is 33.8. The second-order valence-electron chi connectivity index (χ2n) is 23.6. The van der Waals surface area contributed by atoms with E-state index in [1.807, 2.05) is 6.08 Å². The van der Waals surface area contributed by atoms with E-state index in [-0.39, 0.29) is 18.9 Å². The van der Waals surface area contributed by atoms with Gasteiger partial charge in [0.2, 0.25) is 5.91 Å². The number of allylic oxidation sites excluding steroid dienone is 13. The summed E-state index contributed by atoms with van der Waals surface area (Å²) < 4.78 is 22.8. The number of hydrogen-bond acceptors (Lipinski definition) is 13. The Morgan fingerprint density at radius 1 is 0.440 bits per heavy atom. The third-order valence-corrected chi connectivity index (χ3v) is 16.1. The number of nitrogens with one attached hydrogen (secondary N) is 1. The molecule has 2 rings (SSSR count). The molecule has 9 N–H and O–H groups in total. The molecular weight excluding hydrogens is 1060 g/mol. The number of ether oxygens (including phenoxy) is 4. The topological polar surface area (TPSA) is 228 Å². The lowest BCUT2D eigenvalue weighted by atomic mass is 9.97. The number of amides is 1. The minimum atomic E-state index is -1.80. The number of hydrogen-bond donors (Lipinski definition) is 9. The van der Waals surface area contributed by atoms with Crippen molar-refractivity contribution in [3.05, 3.63) is 85.1 Å². The van der Waals surface area contributed by atoms with Crippen LogP contribution >= 0.6 is 0 Å². The summed E-state index contributed by atoms with van der Waals surface area (Å²) in [6.07, 6.45) is 57.7. The smallest absolute Gasteiger partial charge is 0.220 e. The molecule has 2 heterocycles. The van der Waals surface area contributed by atoms with E-state index in [9.17, 15) is 45.6 Å². The number of carbonyl (C=O) groups is 1. The minimum Gasteiger partial charge on any atom is -0.394 e. The van der Waals surface area contributed by atoms with E-state index in [4.69, 9.17) is 18.9 Å². The van der Waals surface area contributed by atoms with Gasteiger partial charge in [-0.3, -0.25) is 4.79 Å². The summed E-state index contributed by atoms with van der Waals surface area (Å²) in [5, 5.41) is 87.4. The Balaban J connectivity index is 1.72. The Hall–Kier alpha value is -2.83. The molecule has 84 heavy (non-hydrogen) atoms. The second-order valence-corrected chi connectivity index (χ2v) is 23.6. The molecule has 0 aliphatic carbocycles. The van der Waals surface area contributed by atoms with Gasteiger partial charge in [0.1, 0.15) is 48.8 Å². The molecule has 0 bridgehead atoms. The molecular formula is C70H123NO13. The fourth-order valence-corrected chi connectivity index (χ4v) is 10.7. The summed E-state index contributed by atoms with van der Waals surface area (Å²) in [4.78, 5) is 13.3. The van der Waals surface area contributed by atoms with Crippen molar-refractivity contribution < 1.29 is 64.6 Å². The van der Waals surface area contributed by atoms with Gasteiger partial charge in [-0.1, -0.05) is 259 Å². The van der Waals surface area contributed by atoms with Crippen LogP contribution in [0, 0.1) is 0 Å². The molecule has 486 valence electrons. The van der Waals surface area contributed by atoms with E-state index in [0.717, 1.165) is 70.6 Å². The van der Waals surface area contributed by atoms with E-state index < -0.39 is 86.8 Å². The highest BCUT2D eigenvalue weighted by Gasteiger charge is 2.51. The summed E-state index contributed by atoms with van der Waals surface area (Å²) in [7, 11) is 0. The molecule has 1 amide bonds. The standard InChI is InChI=1S/C70H123NO13/c1-3-5-7-9-11-13-15-17-19-21-23-25-27-28-29-30-32-34-36-38-40-42-44-46-48-50-52-54-62(75)71-58(57-81-69-67(80)65(78)68(61(56-73)83-69)84-70-66(79)64(77)63(76)60(55-72)82-70)59(74)53-51-49-47-45-43-41-39-37-35-33-31-26-24-22-20-18-16-14-12-10-8-6-4-2/h5,7,11,13,17,19,23,25,28-29,43,45,51,53,58-61,63-70,72-74,76-80H,3-4,6,8-10,12,14-16,18,20-22,24,26-27,30-42,44,46-50,52,54-57H2,1-2H3,(H,71,75)/b7-5-,13-11-,19-17-,25-23-,29-28-,45-43+,53-51+. The Kier molecular flexibility index (Phi) is 50.0. The number of unbranched alkanes of at least 4 members (excludes halogenated alkanes) is 29. The van der Waals surface area contributed by atoms with E-state index in [0.29, 0.717) is 12.8 Å². The number of rotatable bonds is 54. The molecule has 14 nitrogen and oxygen atoms in total. The molecule has 2 saturated heterocycles. The first-order chi connectivity index (χ1) is 41.1. The minimum absolute atomic E-state index is 0.254. The molecule has 2 fully saturated rings. The second kappa shape index (κ2) is 54.3. The molecule has 12 atom stereocenters. The van der Waals surface area contributed by atoms with Crippen LogP contribution in [0.2, 0.25) is 0 Å². The lowest BCUT2D eigenvalue weighted by Gasteiger charge is -2.46.